The number of pyridine rings is 1. The van der Waals surface area contributed by atoms with Crippen LogP contribution in [0.2, 0.25) is 0 Å². The van der Waals surface area contributed by atoms with Crippen molar-refractivity contribution < 1.29 is 19.6 Å². The van der Waals surface area contributed by atoms with Crippen molar-refractivity contribution in [1.29, 1.82) is 0 Å². The van der Waals surface area contributed by atoms with E-state index in [1.54, 1.807) is 24.4 Å². The fourth-order valence-corrected chi connectivity index (χ4v) is 3.41. The van der Waals surface area contributed by atoms with Gasteiger partial charge in [-0.15, -0.1) is 0 Å². The average molecular weight is 410 g/mol. The Balaban J connectivity index is 2.05. The number of carbonyl (C=O) groups is 2. The number of nitro groups is 1. The Morgan fingerprint density at radius 2 is 1.90 bits per heavy atom. The lowest BCUT2D eigenvalue weighted by Crippen LogP contribution is -2.32. The summed E-state index contributed by atoms with van der Waals surface area (Å²) in [6, 6.07) is 9.49. The van der Waals surface area contributed by atoms with E-state index in [4.69, 9.17) is 0 Å². The summed E-state index contributed by atoms with van der Waals surface area (Å²) in [5.74, 6) is -1.88. The van der Waals surface area contributed by atoms with Gasteiger partial charge >= 0.3 is 0 Å². The molecule has 9 nitrogen and oxygen atoms in total. The number of Topliss-reactive ketones (excluding diaryl/α,β-unsaturated/α-hetero) is 1. The highest BCUT2D eigenvalue weighted by molar-refractivity contribution is 6.46. The minimum atomic E-state index is -0.830. The quantitative estimate of drug-likeness (QED) is 0.245. The van der Waals surface area contributed by atoms with Gasteiger partial charge in [-0.2, -0.15) is 0 Å². The van der Waals surface area contributed by atoms with Gasteiger partial charge in [0.25, 0.3) is 17.4 Å². The van der Waals surface area contributed by atoms with E-state index in [9.17, 15) is 24.8 Å². The number of aliphatic hydroxyl groups is 1. The van der Waals surface area contributed by atoms with Gasteiger partial charge in [0.15, 0.2) is 0 Å². The molecular weight excluding hydrogens is 388 g/mol. The number of amides is 1. The predicted molar refractivity (Wildman–Crippen MR) is 110 cm³/mol. The van der Waals surface area contributed by atoms with E-state index in [0.29, 0.717) is 18.7 Å². The Kier molecular flexibility index (Phi) is 6.22. The highest BCUT2D eigenvalue weighted by atomic mass is 16.6. The molecule has 2 heterocycles. The van der Waals surface area contributed by atoms with E-state index in [-0.39, 0.29) is 22.6 Å². The van der Waals surface area contributed by atoms with Crippen LogP contribution < -0.4 is 0 Å². The van der Waals surface area contributed by atoms with Crippen LogP contribution in [0.15, 0.2) is 54.2 Å². The smallest absolute Gasteiger partial charge is 0.295 e. The first-order valence-electron chi connectivity index (χ1n) is 9.40. The van der Waals surface area contributed by atoms with Gasteiger partial charge in [0.05, 0.1) is 16.2 Å². The van der Waals surface area contributed by atoms with Crippen molar-refractivity contribution in [3.05, 3.63) is 75.6 Å². The molecule has 0 saturated carbocycles. The molecule has 2 aromatic rings. The molecule has 1 aliphatic rings. The first kappa shape index (κ1) is 21.1. The fourth-order valence-electron chi connectivity index (χ4n) is 3.41. The fraction of sp³-hybridized carbons (Fsp3) is 0.286. The van der Waals surface area contributed by atoms with Crippen LogP contribution in [0.25, 0.3) is 5.76 Å². The maximum absolute atomic E-state index is 12.8. The van der Waals surface area contributed by atoms with Gasteiger partial charge in [0.1, 0.15) is 11.8 Å². The molecule has 1 aromatic heterocycles. The van der Waals surface area contributed by atoms with Crippen LogP contribution in [-0.2, 0) is 9.59 Å². The van der Waals surface area contributed by atoms with Gasteiger partial charge in [-0.25, -0.2) is 0 Å². The lowest BCUT2D eigenvalue weighted by Gasteiger charge is -2.25. The summed E-state index contributed by atoms with van der Waals surface area (Å²) in [5.41, 5.74) is 0.465. The molecule has 3 rings (SSSR count). The molecule has 1 saturated heterocycles. The molecule has 1 N–H and O–H groups in total. The van der Waals surface area contributed by atoms with Crippen molar-refractivity contribution >= 4 is 23.1 Å². The molecule has 1 fully saturated rings. The van der Waals surface area contributed by atoms with Gasteiger partial charge in [0.2, 0.25) is 0 Å². The van der Waals surface area contributed by atoms with E-state index in [0.717, 1.165) is 6.54 Å². The minimum absolute atomic E-state index is 0.0718. The van der Waals surface area contributed by atoms with Crippen LogP contribution in [0.5, 0.6) is 0 Å². The lowest BCUT2D eigenvalue weighted by molar-refractivity contribution is -0.384. The number of aromatic nitrogens is 1. The molecule has 1 unspecified atom stereocenters. The summed E-state index contributed by atoms with van der Waals surface area (Å²) < 4.78 is 0. The number of hydrogen-bond donors (Lipinski definition) is 1. The molecule has 0 aliphatic carbocycles. The number of hydrogen-bond acceptors (Lipinski definition) is 7. The van der Waals surface area contributed by atoms with Crippen molar-refractivity contribution in [3.8, 4) is 0 Å². The van der Waals surface area contributed by atoms with Gasteiger partial charge < -0.3 is 14.9 Å². The third-order valence-corrected chi connectivity index (χ3v) is 4.86. The topological polar surface area (TPSA) is 117 Å². The van der Waals surface area contributed by atoms with Crippen LogP contribution in [0.1, 0.15) is 23.7 Å². The largest absolute Gasteiger partial charge is 0.507 e. The second kappa shape index (κ2) is 8.83. The minimum Gasteiger partial charge on any atom is -0.507 e. The second-order valence-corrected chi connectivity index (χ2v) is 7.21. The van der Waals surface area contributed by atoms with E-state index >= 15 is 0 Å². The normalized spacial score (nSPS) is 18.2. The van der Waals surface area contributed by atoms with Crippen molar-refractivity contribution in [2.75, 3.05) is 27.2 Å². The van der Waals surface area contributed by atoms with Crippen molar-refractivity contribution in [2.45, 2.75) is 12.5 Å². The first-order chi connectivity index (χ1) is 14.3. The van der Waals surface area contributed by atoms with Gasteiger partial charge in [0, 0.05) is 30.4 Å². The number of nitro benzene ring substituents is 1. The average Bonchev–Trinajstić information content (AvgIpc) is 2.98. The third-order valence-electron chi connectivity index (χ3n) is 4.86. The molecule has 1 atom stereocenters. The summed E-state index contributed by atoms with van der Waals surface area (Å²) in [7, 11) is 3.83. The monoisotopic (exact) mass is 410 g/mol. The predicted octanol–water partition coefficient (Wildman–Crippen LogP) is 2.36. The number of rotatable bonds is 7. The molecule has 1 amide bonds. The Bertz CT molecular complexity index is 986. The first-order valence-corrected chi connectivity index (χ1v) is 9.40. The Labute approximate surface area is 173 Å². The van der Waals surface area contributed by atoms with Crippen molar-refractivity contribution in [2.24, 2.45) is 0 Å². The molecule has 156 valence electrons. The Morgan fingerprint density at radius 3 is 2.47 bits per heavy atom. The standard InChI is InChI=1S/C21H22N4O5/c1-23(2)12-5-13-24-18(16-6-3-4-11-22-16)17(20(27)21(24)28)19(26)14-7-9-15(10-8-14)25(29)30/h3-4,6-11,18,26H,5,12-13H2,1-2H3/b19-17-. The number of ketones is 1. The molecule has 0 radical (unpaired) electrons. The zero-order valence-electron chi connectivity index (χ0n) is 16.7. The summed E-state index contributed by atoms with van der Waals surface area (Å²) in [5, 5.41) is 21.8. The molecule has 1 aromatic carbocycles. The summed E-state index contributed by atoms with van der Waals surface area (Å²) in [6.45, 7) is 1.04. The maximum Gasteiger partial charge on any atom is 0.295 e. The highest BCUT2D eigenvalue weighted by Crippen LogP contribution is 2.38. The highest BCUT2D eigenvalue weighted by Gasteiger charge is 2.46. The van der Waals surface area contributed by atoms with Crippen molar-refractivity contribution in [3.63, 3.8) is 0 Å². The number of likely N-dealkylation sites (tertiary alicyclic amines) is 1. The molecule has 0 bridgehead atoms. The summed E-state index contributed by atoms with van der Waals surface area (Å²) in [6.07, 6.45) is 2.20. The van der Waals surface area contributed by atoms with Crippen LogP contribution in [0, 0.1) is 10.1 Å². The number of benzene rings is 1. The second-order valence-electron chi connectivity index (χ2n) is 7.21. The zero-order chi connectivity index (χ0) is 21.8. The third kappa shape index (κ3) is 4.20. The zero-order valence-corrected chi connectivity index (χ0v) is 16.7. The molecular formula is C21H22N4O5. The SMILES string of the molecule is CN(C)CCCN1C(=O)C(=O)/C(=C(\O)c2ccc([N+](=O)[O-])cc2)C1c1ccccn1. The number of nitrogens with zero attached hydrogens (tertiary/aromatic N) is 4. The summed E-state index contributed by atoms with van der Waals surface area (Å²) >= 11 is 0. The Morgan fingerprint density at radius 1 is 1.20 bits per heavy atom. The summed E-state index contributed by atoms with van der Waals surface area (Å²) in [4.78, 5) is 43.6. The lowest BCUT2D eigenvalue weighted by atomic mass is 9.98. The maximum atomic E-state index is 12.8. The van der Waals surface area contributed by atoms with Crippen LogP contribution in [0.4, 0.5) is 5.69 Å². The molecule has 30 heavy (non-hydrogen) atoms. The van der Waals surface area contributed by atoms with E-state index in [2.05, 4.69) is 4.98 Å². The van der Waals surface area contributed by atoms with Crippen LogP contribution in [-0.4, -0.2) is 63.7 Å². The molecule has 0 spiro atoms. The van der Waals surface area contributed by atoms with Gasteiger partial charge in [-0.05, 0) is 51.3 Å². The van der Waals surface area contributed by atoms with Gasteiger partial charge in [-0.1, -0.05) is 6.07 Å². The van der Waals surface area contributed by atoms with E-state index in [1.165, 1.54) is 29.2 Å². The van der Waals surface area contributed by atoms with Crippen molar-refractivity contribution in [1.82, 2.24) is 14.8 Å². The Hall–Kier alpha value is -3.59. The van der Waals surface area contributed by atoms with Gasteiger partial charge in [-0.3, -0.25) is 24.7 Å². The molecule has 9 heteroatoms. The number of aliphatic hydroxyl groups excluding tert-OH is 1. The number of carbonyl (C=O) groups excluding carboxylic acids is 2. The van der Waals surface area contributed by atoms with Crippen LogP contribution >= 0.6 is 0 Å². The van der Waals surface area contributed by atoms with E-state index in [1.807, 2.05) is 19.0 Å². The number of non-ortho nitro benzene ring substituents is 1. The van der Waals surface area contributed by atoms with E-state index < -0.39 is 22.7 Å². The van der Waals surface area contributed by atoms with Crippen LogP contribution in [0.3, 0.4) is 0 Å². The molecule has 1 aliphatic heterocycles.